The molecule has 2 aromatic carbocycles. The number of anilines is 1. The van der Waals surface area contributed by atoms with Crippen molar-refractivity contribution in [2.75, 3.05) is 25.2 Å². The van der Waals surface area contributed by atoms with Crippen LogP contribution in [-0.2, 0) is 14.8 Å². The SMILES string of the molecule is Cc1ccccc1SCC(=O)Nc1ccc(S(=O)(=O)N(C)C)cc1. The number of nitrogens with one attached hydrogen (secondary N) is 1. The molecule has 0 saturated carbocycles. The number of thioether (sulfide) groups is 1. The Labute approximate surface area is 147 Å². The van der Waals surface area contributed by atoms with Gasteiger partial charge in [0, 0.05) is 24.7 Å². The molecule has 0 fully saturated rings. The van der Waals surface area contributed by atoms with E-state index >= 15 is 0 Å². The van der Waals surface area contributed by atoms with Crippen LogP contribution >= 0.6 is 11.8 Å². The lowest BCUT2D eigenvalue weighted by molar-refractivity contribution is -0.113. The second kappa shape index (κ2) is 7.83. The quantitative estimate of drug-likeness (QED) is 0.800. The fraction of sp³-hybridized carbons (Fsp3) is 0.235. The highest BCUT2D eigenvalue weighted by atomic mass is 32.2. The lowest BCUT2D eigenvalue weighted by Gasteiger charge is -2.12. The number of carbonyl (C=O) groups excluding carboxylic acids is 1. The standard InChI is InChI=1S/C17H20N2O3S2/c1-13-6-4-5-7-16(13)23-12-17(20)18-14-8-10-15(11-9-14)24(21,22)19(2)3/h4-11H,12H2,1-3H3,(H,18,20). The van der Waals surface area contributed by atoms with E-state index in [1.807, 2.05) is 31.2 Å². The first-order valence-electron chi connectivity index (χ1n) is 7.31. The van der Waals surface area contributed by atoms with Crippen LogP contribution in [0.25, 0.3) is 0 Å². The van der Waals surface area contributed by atoms with Gasteiger partial charge in [-0.05, 0) is 42.8 Å². The van der Waals surface area contributed by atoms with Gasteiger partial charge in [-0.1, -0.05) is 18.2 Å². The molecule has 1 N–H and O–H groups in total. The third-order valence-corrected chi connectivity index (χ3v) is 6.37. The Hall–Kier alpha value is -1.83. The predicted molar refractivity (Wildman–Crippen MR) is 97.8 cm³/mol. The van der Waals surface area contributed by atoms with Crippen LogP contribution in [0.1, 0.15) is 5.56 Å². The largest absolute Gasteiger partial charge is 0.325 e. The second-order valence-electron chi connectivity index (χ2n) is 5.41. The Morgan fingerprint density at radius 1 is 1.08 bits per heavy atom. The average molecular weight is 364 g/mol. The van der Waals surface area contributed by atoms with E-state index in [4.69, 9.17) is 0 Å². The molecule has 7 heteroatoms. The van der Waals surface area contributed by atoms with Gasteiger partial charge in [-0.25, -0.2) is 12.7 Å². The topological polar surface area (TPSA) is 66.5 Å². The summed E-state index contributed by atoms with van der Waals surface area (Å²) >= 11 is 1.47. The summed E-state index contributed by atoms with van der Waals surface area (Å²) < 4.78 is 25.1. The van der Waals surface area contributed by atoms with Gasteiger partial charge >= 0.3 is 0 Å². The number of carbonyl (C=O) groups is 1. The smallest absolute Gasteiger partial charge is 0.242 e. The number of nitrogens with zero attached hydrogens (tertiary/aromatic N) is 1. The summed E-state index contributed by atoms with van der Waals surface area (Å²) in [6, 6.07) is 14.0. The van der Waals surface area contributed by atoms with Gasteiger partial charge in [0.25, 0.3) is 0 Å². The van der Waals surface area contributed by atoms with Crippen molar-refractivity contribution in [2.45, 2.75) is 16.7 Å². The third kappa shape index (κ3) is 4.59. The van der Waals surface area contributed by atoms with E-state index in [1.54, 1.807) is 12.1 Å². The average Bonchev–Trinajstić information content (AvgIpc) is 2.54. The highest BCUT2D eigenvalue weighted by Crippen LogP contribution is 2.22. The molecule has 0 radical (unpaired) electrons. The first-order chi connectivity index (χ1) is 11.3. The molecule has 128 valence electrons. The molecular formula is C17H20N2O3S2. The third-order valence-electron chi connectivity index (χ3n) is 3.37. The second-order valence-corrected chi connectivity index (χ2v) is 8.58. The molecule has 0 saturated heterocycles. The van der Waals surface area contributed by atoms with Crippen LogP contribution in [0.15, 0.2) is 58.3 Å². The molecule has 0 aliphatic rings. The molecule has 5 nitrogen and oxygen atoms in total. The van der Waals surface area contributed by atoms with Crippen molar-refractivity contribution in [2.24, 2.45) is 0 Å². The van der Waals surface area contributed by atoms with Crippen molar-refractivity contribution in [3.63, 3.8) is 0 Å². The fourth-order valence-corrected chi connectivity index (χ4v) is 3.71. The van der Waals surface area contributed by atoms with E-state index in [0.29, 0.717) is 11.4 Å². The van der Waals surface area contributed by atoms with Crippen LogP contribution in [0.3, 0.4) is 0 Å². The number of hydrogen-bond donors (Lipinski definition) is 1. The minimum atomic E-state index is -3.46. The van der Waals surface area contributed by atoms with Gasteiger partial charge in [0.05, 0.1) is 10.6 Å². The van der Waals surface area contributed by atoms with Crippen LogP contribution in [0.4, 0.5) is 5.69 Å². The van der Waals surface area contributed by atoms with Crippen LogP contribution in [0, 0.1) is 6.92 Å². The van der Waals surface area contributed by atoms with Crippen LogP contribution in [-0.4, -0.2) is 38.5 Å². The first-order valence-corrected chi connectivity index (χ1v) is 9.74. The number of hydrogen-bond acceptors (Lipinski definition) is 4. The van der Waals surface area contributed by atoms with Gasteiger partial charge < -0.3 is 5.32 Å². The molecule has 0 aliphatic carbocycles. The highest BCUT2D eigenvalue weighted by Gasteiger charge is 2.16. The van der Waals surface area contributed by atoms with E-state index < -0.39 is 10.0 Å². The molecule has 2 rings (SSSR count). The van der Waals surface area contributed by atoms with Gasteiger partial charge in [-0.15, -0.1) is 11.8 Å². The maximum atomic E-state index is 12.0. The molecular weight excluding hydrogens is 344 g/mol. The molecule has 0 aliphatic heterocycles. The number of sulfonamides is 1. The van der Waals surface area contributed by atoms with Crippen molar-refractivity contribution in [3.8, 4) is 0 Å². The Balaban J connectivity index is 1.96. The molecule has 0 bridgehead atoms. The van der Waals surface area contributed by atoms with E-state index in [-0.39, 0.29) is 10.8 Å². The fourth-order valence-electron chi connectivity index (χ4n) is 1.98. The predicted octanol–water partition coefficient (Wildman–Crippen LogP) is 2.98. The minimum absolute atomic E-state index is 0.133. The van der Waals surface area contributed by atoms with Gasteiger partial charge in [0.15, 0.2) is 0 Å². The molecule has 2 aromatic rings. The first kappa shape index (κ1) is 18.5. The number of aryl methyl sites for hydroxylation is 1. The molecule has 0 atom stereocenters. The maximum absolute atomic E-state index is 12.0. The lowest BCUT2D eigenvalue weighted by atomic mass is 10.2. The zero-order valence-corrected chi connectivity index (χ0v) is 15.4. The molecule has 0 unspecified atom stereocenters. The van der Waals surface area contributed by atoms with E-state index in [0.717, 1.165) is 14.8 Å². The number of amides is 1. The Bertz CT molecular complexity index is 816. The summed E-state index contributed by atoms with van der Waals surface area (Å²) in [4.78, 5) is 13.3. The van der Waals surface area contributed by atoms with Crippen molar-refractivity contribution in [3.05, 3.63) is 54.1 Å². The zero-order chi connectivity index (χ0) is 17.7. The summed E-state index contributed by atoms with van der Waals surface area (Å²) in [6.07, 6.45) is 0. The van der Waals surface area contributed by atoms with Crippen LogP contribution in [0.5, 0.6) is 0 Å². The Kier molecular flexibility index (Phi) is 6.04. The Morgan fingerprint density at radius 3 is 2.29 bits per heavy atom. The van der Waals surface area contributed by atoms with Gasteiger partial charge in [0.2, 0.25) is 15.9 Å². The highest BCUT2D eigenvalue weighted by molar-refractivity contribution is 8.00. The van der Waals surface area contributed by atoms with E-state index in [2.05, 4.69) is 5.32 Å². The van der Waals surface area contributed by atoms with Crippen molar-refractivity contribution >= 4 is 33.4 Å². The molecule has 0 heterocycles. The van der Waals surface area contributed by atoms with Crippen molar-refractivity contribution < 1.29 is 13.2 Å². The monoisotopic (exact) mass is 364 g/mol. The van der Waals surface area contributed by atoms with E-state index in [1.165, 1.54) is 38.0 Å². The van der Waals surface area contributed by atoms with Gasteiger partial charge in [0.1, 0.15) is 0 Å². The Morgan fingerprint density at radius 2 is 1.71 bits per heavy atom. The molecule has 0 spiro atoms. The normalized spacial score (nSPS) is 11.5. The minimum Gasteiger partial charge on any atom is -0.325 e. The maximum Gasteiger partial charge on any atom is 0.242 e. The summed E-state index contributed by atoms with van der Waals surface area (Å²) in [6.45, 7) is 2.00. The summed E-state index contributed by atoms with van der Waals surface area (Å²) in [5, 5.41) is 2.77. The zero-order valence-electron chi connectivity index (χ0n) is 13.8. The summed E-state index contributed by atoms with van der Waals surface area (Å²) in [7, 11) is -0.497. The summed E-state index contributed by atoms with van der Waals surface area (Å²) in [5.41, 5.74) is 1.71. The lowest BCUT2D eigenvalue weighted by Crippen LogP contribution is -2.22. The van der Waals surface area contributed by atoms with Crippen LogP contribution < -0.4 is 5.32 Å². The van der Waals surface area contributed by atoms with E-state index in [9.17, 15) is 13.2 Å². The van der Waals surface area contributed by atoms with Crippen LogP contribution in [0.2, 0.25) is 0 Å². The number of benzene rings is 2. The molecule has 0 aromatic heterocycles. The van der Waals surface area contributed by atoms with Gasteiger partial charge in [-0.2, -0.15) is 0 Å². The van der Waals surface area contributed by atoms with Crippen molar-refractivity contribution in [1.29, 1.82) is 0 Å². The van der Waals surface area contributed by atoms with Crippen molar-refractivity contribution in [1.82, 2.24) is 4.31 Å². The number of rotatable bonds is 6. The molecule has 1 amide bonds. The van der Waals surface area contributed by atoms with Gasteiger partial charge in [-0.3, -0.25) is 4.79 Å². The molecule has 24 heavy (non-hydrogen) atoms. The summed E-state index contributed by atoms with van der Waals surface area (Å²) in [5.74, 6) is 0.161.